The number of amides is 2. The number of rotatable bonds is 3. The molecule has 4 aliphatic rings. The van der Waals surface area contributed by atoms with E-state index in [9.17, 15) is 4.79 Å². The molecular formula is C22H39N3O2. The van der Waals surface area contributed by atoms with Crippen LogP contribution in [0, 0.1) is 11.3 Å². The van der Waals surface area contributed by atoms with E-state index >= 15 is 0 Å². The van der Waals surface area contributed by atoms with E-state index in [2.05, 4.69) is 15.1 Å². The van der Waals surface area contributed by atoms with Crippen molar-refractivity contribution in [2.45, 2.75) is 76.7 Å². The van der Waals surface area contributed by atoms with Gasteiger partial charge in [0.05, 0.1) is 0 Å². The molecule has 1 spiro atoms. The predicted molar refractivity (Wildman–Crippen MR) is 108 cm³/mol. The summed E-state index contributed by atoms with van der Waals surface area (Å²) in [6.45, 7) is 7.04. The molecule has 0 aromatic rings. The van der Waals surface area contributed by atoms with E-state index in [4.69, 9.17) is 4.74 Å². The molecule has 0 aromatic carbocycles. The van der Waals surface area contributed by atoms with Gasteiger partial charge in [-0.05, 0) is 75.8 Å². The SMILES string of the molecule is O=C(NCC1CCN(C2CCOCC2)CC1)N1CCC2(CCCCC2)CC1. The smallest absolute Gasteiger partial charge is 0.317 e. The van der Waals surface area contributed by atoms with Crippen molar-refractivity contribution in [2.24, 2.45) is 11.3 Å². The van der Waals surface area contributed by atoms with Crippen molar-refractivity contribution >= 4 is 6.03 Å². The monoisotopic (exact) mass is 377 g/mol. The van der Waals surface area contributed by atoms with Crippen LogP contribution < -0.4 is 5.32 Å². The van der Waals surface area contributed by atoms with Crippen molar-refractivity contribution in [3.8, 4) is 0 Å². The average Bonchev–Trinajstić information content (AvgIpc) is 2.74. The fraction of sp³-hybridized carbons (Fsp3) is 0.955. The molecule has 5 nitrogen and oxygen atoms in total. The van der Waals surface area contributed by atoms with Crippen LogP contribution in [0.1, 0.15) is 70.6 Å². The van der Waals surface area contributed by atoms with Gasteiger partial charge >= 0.3 is 6.03 Å². The molecule has 3 heterocycles. The molecule has 3 saturated heterocycles. The topological polar surface area (TPSA) is 44.8 Å². The lowest BCUT2D eigenvalue weighted by Crippen LogP contribution is -2.50. The van der Waals surface area contributed by atoms with Crippen LogP contribution in [0.5, 0.6) is 0 Å². The molecule has 1 aliphatic carbocycles. The molecular weight excluding hydrogens is 338 g/mol. The Hall–Kier alpha value is -0.810. The predicted octanol–water partition coefficient (Wildman–Crippen LogP) is 3.63. The number of urea groups is 1. The second-order valence-corrected chi connectivity index (χ2v) is 9.56. The van der Waals surface area contributed by atoms with Gasteiger partial charge in [-0.2, -0.15) is 0 Å². The van der Waals surface area contributed by atoms with E-state index in [1.807, 2.05) is 0 Å². The maximum Gasteiger partial charge on any atom is 0.317 e. The van der Waals surface area contributed by atoms with Gasteiger partial charge in [-0.3, -0.25) is 0 Å². The Labute approximate surface area is 165 Å². The highest BCUT2D eigenvalue weighted by Crippen LogP contribution is 2.44. The van der Waals surface area contributed by atoms with Gasteiger partial charge in [0.25, 0.3) is 0 Å². The van der Waals surface area contributed by atoms with E-state index in [0.717, 1.165) is 38.9 Å². The van der Waals surface area contributed by atoms with Crippen LogP contribution in [-0.4, -0.2) is 67.8 Å². The summed E-state index contributed by atoms with van der Waals surface area (Å²) in [5, 5.41) is 3.26. The van der Waals surface area contributed by atoms with Crippen LogP contribution in [0.2, 0.25) is 0 Å². The third-order valence-electron chi connectivity index (χ3n) is 7.92. The zero-order valence-electron chi connectivity index (χ0n) is 17.1. The number of likely N-dealkylation sites (tertiary alicyclic amines) is 2. The number of carbonyl (C=O) groups excluding carboxylic acids is 1. The number of nitrogens with zero attached hydrogens (tertiary/aromatic N) is 2. The van der Waals surface area contributed by atoms with Crippen LogP contribution in [0.3, 0.4) is 0 Å². The highest BCUT2D eigenvalue weighted by molar-refractivity contribution is 5.74. The minimum absolute atomic E-state index is 0.188. The molecule has 5 heteroatoms. The van der Waals surface area contributed by atoms with Crippen LogP contribution in [0.4, 0.5) is 4.79 Å². The first-order valence-corrected chi connectivity index (χ1v) is 11.6. The van der Waals surface area contributed by atoms with Gasteiger partial charge in [-0.15, -0.1) is 0 Å². The fourth-order valence-electron chi connectivity index (χ4n) is 5.90. The van der Waals surface area contributed by atoms with Crippen molar-refractivity contribution in [1.82, 2.24) is 15.1 Å². The molecule has 0 radical (unpaired) electrons. The van der Waals surface area contributed by atoms with Crippen molar-refractivity contribution < 1.29 is 9.53 Å². The quantitative estimate of drug-likeness (QED) is 0.817. The molecule has 154 valence electrons. The standard InChI is InChI=1S/C22H39N3O2/c26-21(25-14-10-22(11-15-25)8-2-1-3-9-22)23-18-19-4-12-24(13-5-19)20-6-16-27-17-7-20/h19-20H,1-18H2,(H,23,26). The molecule has 3 aliphatic heterocycles. The number of ether oxygens (including phenoxy) is 1. The van der Waals surface area contributed by atoms with Crippen molar-refractivity contribution in [3.63, 3.8) is 0 Å². The van der Waals surface area contributed by atoms with Crippen molar-refractivity contribution in [1.29, 1.82) is 0 Å². The number of nitrogens with one attached hydrogen (secondary N) is 1. The molecule has 27 heavy (non-hydrogen) atoms. The summed E-state index contributed by atoms with van der Waals surface area (Å²) in [4.78, 5) is 17.4. The lowest BCUT2D eigenvalue weighted by Gasteiger charge is -2.44. The third-order valence-corrected chi connectivity index (χ3v) is 7.92. The molecule has 1 saturated carbocycles. The first-order valence-electron chi connectivity index (χ1n) is 11.6. The van der Waals surface area contributed by atoms with Gasteiger partial charge in [-0.1, -0.05) is 19.3 Å². The Bertz CT molecular complexity index is 468. The van der Waals surface area contributed by atoms with Gasteiger partial charge in [0, 0.05) is 38.9 Å². The van der Waals surface area contributed by atoms with E-state index in [-0.39, 0.29) is 6.03 Å². The molecule has 2 amide bonds. The van der Waals surface area contributed by atoms with Gasteiger partial charge in [0.15, 0.2) is 0 Å². The number of hydrogen-bond donors (Lipinski definition) is 1. The molecule has 0 atom stereocenters. The van der Waals surface area contributed by atoms with Crippen LogP contribution >= 0.6 is 0 Å². The van der Waals surface area contributed by atoms with E-state index < -0.39 is 0 Å². The Morgan fingerprint density at radius 2 is 1.56 bits per heavy atom. The minimum atomic E-state index is 0.188. The summed E-state index contributed by atoms with van der Waals surface area (Å²) in [6.07, 6.45) is 14.3. The summed E-state index contributed by atoms with van der Waals surface area (Å²) < 4.78 is 5.49. The second-order valence-electron chi connectivity index (χ2n) is 9.56. The lowest BCUT2D eigenvalue weighted by molar-refractivity contribution is 0.0211. The highest BCUT2D eigenvalue weighted by atomic mass is 16.5. The first-order chi connectivity index (χ1) is 13.2. The largest absolute Gasteiger partial charge is 0.381 e. The summed E-state index contributed by atoms with van der Waals surface area (Å²) in [5.41, 5.74) is 0.575. The second kappa shape index (κ2) is 9.13. The van der Waals surface area contributed by atoms with E-state index in [1.54, 1.807) is 0 Å². The van der Waals surface area contributed by atoms with Gasteiger partial charge in [0.1, 0.15) is 0 Å². The molecule has 0 aromatic heterocycles. The van der Waals surface area contributed by atoms with Crippen molar-refractivity contribution in [2.75, 3.05) is 45.9 Å². The Kier molecular flexibility index (Phi) is 6.59. The average molecular weight is 378 g/mol. The molecule has 4 fully saturated rings. The molecule has 0 bridgehead atoms. The zero-order chi connectivity index (χ0) is 18.5. The summed E-state index contributed by atoms with van der Waals surface area (Å²) >= 11 is 0. The summed E-state index contributed by atoms with van der Waals surface area (Å²) in [6, 6.07) is 0.919. The Morgan fingerprint density at radius 1 is 0.889 bits per heavy atom. The Morgan fingerprint density at radius 3 is 2.22 bits per heavy atom. The van der Waals surface area contributed by atoms with E-state index in [1.165, 1.54) is 83.7 Å². The Balaban J connectivity index is 1.14. The van der Waals surface area contributed by atoms with Gasteiger partial charge in [0.2, 0.25) is 0 Å². The number of piperidine rings is 2. The zero-order valence-corrected chi connectivity index (χ0v) is 17.1. The maximum atomic E-state index is 12.6. The number of hydrogen-bond acceptors (Lipinski definition) is 3. The lowest BCUT2D eigenvalue weighted by atomic mass is 9.68. The summed E-state index contributed by atoms with van der Waals surface area (Å²) in [7, 11) is 0. The van der Waals surface area contributed by atoms with E-state index in [0.29, 0.717) is 11.3 Å². The normalized spacial score (nSPS) is 28.4. The van der Waals surface area contributed by atoms with Gasteiger partial charge < -0.3 is 19.9 Å². The number of carbonyl (C=O) groups is 1. The van der Waals surface area contributed by atoms with Crippen molar-refractivity contribution in [3.05, 3.63) is 0 Å². The summed E-state index contributed by atoms with van der Waals surface area (Å²) in [5.74, 6) is 0.652. The molecule has 4 rings (SSSR count). The molecule has 1 N–H and O–H groups in total. The fourth-order valence-corrected chi connectivity index (χ4v) is 5.90. The highest BCUT2D eigenvalue weighted by Gasteiger charge is 2.36. The third kappa shape index (κ3) is 4.97. The van der Waals surface area contributed by atoms with Crippen LogP contribution in [0.25, 0.3) is 0 Å². The molecule has 0 unspecified atom stereocenters. The maximum absolute atomic E-state index is 12.6. The minimum Gasteiger partial charge on any atom is -0.381 e. The first kappa shape index (κ1) is 19.5. The van der Waals surface area contributed by atoms with Gasteiger partial charge in [-0.25, -0.2) is 4.79 Å². The van der Waals surface area contributed by atoms with Crippen LogP contribution in [0.15, 0.2) is 0 Å². The van der Waals surface area contributed by atoms with Crippen LogP contribution in [-0.2, 0) is 4.74 Å².